The number of carbonyl (C=O) groups excluding carboxylic acids is 1. The number of carboxylic acids is 1. The van der Waals surface area contributed by atoms with E-state index in [-0.39, 0.29) is 28.9 Å². The van der Waals surface area contributed by atoms with Crippen LogP contribution in [0.15, 0.2) is 41.2 Å². The second-order valence-electron chi connectivity index (χ2n) is 8.72. The van der Waals surface area contributed by atoms with E-state index in [9.17, 15) is 14.4 Å². The van der Waals surface area contributed by atoms with Crippen molar-refractivity contribution in [2.45, 2.75) is 38.3 Å². The smallest absolute Gasteiger partial charge is 0.335 e. The molecule has 1 N–H and O–H groups in total. The Bertz CT molecular complexity index is 1050. The first-order chi connectivity index (χ1) is 14.2. The predicted molar refractivity (Wildman–Crippen MR) is 112 cm³/mol. The number of aromatic carboxylic acids is 1. The predicted octanol–water partition coefficient (Wildman–Crippen LogP) is 2.58. The molecule has 0 spiro atoms. The number of carbonyl (C=O) groups is 2. The summed E-state index contributed by atoms with van der Waals surface area (Å²) in [4.78, 5) is 38.7. The third-order valence-electron chi connectivity index (χ3n) is 6.33. The first-order valence-corrected chi connectivity index (χ1v) is 10.1. The molecule has 158 valence electrons. The van der Waals surface area contributed by atoms with Gasteiger partial charge in [-0.2, -0.15) is 0 Å². The number of rotatable bonds is 4. The molecule has 0 aliphatic carbocycles. The van der Waals surface area contributed by atoms with Gasteiger partial charge in [-0.15, -0.1) is 0 Å². The summed E-state index contributed by atoms with van der Waals surface area (Å²) in [7, 11) is 1.54. The molecule has 0 unspecified atom stereocenters. The van der Waals surface area contributed by atoms with Gasteiger partial charge in [-0.25, -0.2) is 4.79 Å². The van der Waals surface area contributed by atoms with Crippen LogP contribution < -0.4 is 5.56 Å². The quantitative estimate of drug-likeness (QED) is 0.837. The van der Waals surface area contributed by atoms with Crippen molar-refractivity contribution in [3.8, 4) is 11.1 Å². The van der Waals surface area contributed by atoms with Gasteiger partial charge in [0, 0.05) is 44.4 Å². The monoisotopic (exact) mass is 410 g/mol. The number of amides is 1. The lowest BCUT2D eigenvalue weighted by Gasteiger charge is -2.44. The highest BCUT2D eigenvalue weighted by molar-refractivity contribution is 5.88. The van der Waals surface area contributed by atoms with Crippen molar-refractivity contribution >= 4 is 11.9 Å². The molecule has 0 radical (unpaired) electrons. The zero-order chi connectivity index (χ0) is 21.6. The molecular weight excluding hydrogens is 384 g/mol. The summed E-state index contributed by atoms with van der Waals surface area (Å²) in [5.74, 6) is -0.689. The standard InChI is InChI=1S/C23H26N2O5/c1-23(2,30-3)22(29)24-11-14-8-18(13-24)19-9-17(10-20(26)25(19)12-14)15-4-6-16(7-5-15)21(27)28/h4-7,9-10,14,18H,8,11-13H2,1-3H3,(H,27,28)/t14-,18+/m0/s1. The molecule has 2 bridgehead atoms. The van der Waals surface area contributed by atoms with E-state index in [1.807, 2.05) is 15.5 Å². The fourth-order valence-electron chi connectivity index (χ4n) is 4.56. The fourth-order valence-corrected chi connectivity index (χ4v) is 4.56. The highest BCUT2D eigenvalue weighted by atomic mass is 16.5. The molecule has 1 aromatic heterocycles. The number of carboxylic acid groups (broad SMARTS) is 1. The van der Waals surface area contributed by atoms with E-state index in [4.69, 9.17) is 9.84 Å². The summed E-state index contributed by atoms with van der Waals surface area (Å²) in [5.41, 5.74) is 1.77. The molecule has 30 heavy (non-hydrogen) atoms. The SMILES string of the molecule is COC(C)(C)C(=O)N1C[C@@H]2C[C@H](C1)c1cc(-c3ccc(C(=O)O)cc3)cc(=O)n1C2. The van der Waals surface area contributed by atoms with Gasteiger partial charge in [0.2, 0.25) is 0 Å². The number of methoxy groups -OCH3 is 1. The number of aromatic nitrogens is 1. The number of ether oxygens (including phenoxy) is 1. The lowest BCUT2D eigenvalue weighted by molar-refractivity contribution is -0.153. The largest absolute Gasteiger partial charge is 0.478 e. The Kier molecular flexibility index (Phi) is 5.02. The number of hydrogen-bond donors (Lipinski definition) is 1. The zero-order valence-corrected chi connectivity index (χ0v) is 17.4. The van der Waals surface area contributed by atoms with Crippen molar-refractivity contribution in [3.05, 3.63) is 58.0 Å². The maximum atomic E-state index is 12.9. The van der Waals surface area contributed by atoms with E-state index < -0.39 is 11.6 Å². The van der Waals surface area contributed by atoms with E-state index in [0.29, 0.717) is 19.6 Å². The van der Waals surface area contributed by atoms with E-state index >= 15 is 0 Å². The number of piperidine rings is 1. The normalized spacial score (nSPS) is 20.6. The summed E-state index contributed by atoms with van der Waals surface area (Å²) in [6.07, 6.45) is 0.942. The zero-order valence-electron chi connectivity index (χ0n) is 17.4. The van der Waals surface area contributed by atoms with Gasteiger partial charge in [0.15, 0.2) is 0 Å². The van der Waals surface area contributed by atoms with Crippen LogP contribution in [-0.2, 0) is 16.1 Å². The van der Waals surface area contributed by atoms with Crippen LogP contribution in [0.4, 0.5) is 0 Å². The van der Waals surface area contributed by atoms with Crippen LogP contribution in [0.5, 0.6) is 0 Å². The molecule has 2 atom stereocenters. The Morgan fingerprint density at radius 1 is 1.07 bits per heavy atom. The first-order valence-electron chi connectivity index (χ1n) is 10.1. The molecule has 7 heteroatoms. The van der Waals surface area contributed by atoms with Crippen LogP contribution in [0.2, 0.25) is 0 Å². The van der Waals surface area contributed by atoms with Gasteiger partial charge >= 0.3 is 5.97 Å². The number of nitrogens with zero attached hydrogens (tertiary/aromatic N) is 2. The Hall–Kier alpha value is -2.93. The minimum absolute atomic E-state index is 0.0316. The average Bonchev–Trinajstić information content (AvgIpc) is 2.73. The lowest BCUT2D eigenvalue weighted by atomic mass is 9.82. The molecule has 2 aliphatic heterocycles. The highest BCUT2D eigenvalue weighted by Gasteiger charge is 2.40. The molecule has 1 amide bonds. The molecule has 4 rings (SSSR count). The molecular formula is C23H26N2O5. The maximum absolute atomic E-state index is 12.9. The highest BCUT2D eigenvalue weighted by Crippen LogP contribution is 2.37. The van der Waals surface area contributed by atoms with Crippen LogP contribution >= 0.6 is 0 Å². The third-order valence-corrected chi connectivity index (χ3v) is 6.33. The second kappa shape index (κ2) is 7.40. The van der Waals surface area contributed by atoms with Gasteiger partial charge in [-0.3, -0.25) is 9.59 Å². The van der Waals surface area contributed by atoms with Crippen molar-refractivity contribution < 1.29 is 19.4 Å². The number of fused-ring (bicyclic) bond motifs is 4. The van der Waals surface area contributed by atoms with E-state index in [2.05, 4.69) is 0 Å². The Morgan fingerprint density at radius 2 is 1.77 bits per heavy atom. The number of benzene rings is 1. The van der Waals surface area contributed by atoms with Crippen LogP contribution in [0.3, 0.4) is 0 Å². The minimum Gasteiger partial charge on any atom is -0.478 e. The van der Waals surface area contributed by atoms with E-state index in [0.717, 1.165) is 23.2 Å². The minimum atomic E-state index is -0.982. The topological polar surface area (TPSA) is 88.8 Å². The van der Waals surface area contributed by atoms with Crippen LogP contribution in [0.25, 0.3) is 11.1 Å². The Balaban J connectivity index is 1.67. The third kappa shape index (κ3) is 3.54. The molecule has 7 nitrogen and oxygen atoms in total. The summed E-state index contributed by atoms with van der Waals surface area (Å²) in [6.45, 7) is 5.34. The number of pyridine rings is 1. The van der Waals surface area contributed by atoms with Crippen molar-refractivity contribution in [1.82, 2.24) is 9.47 Å². The average molecular weight is 410 g/mol. The van der Waals surface area contributed by atoms with Gasteiger partial charge in [0.1, 0.15) is 5.60 Å². The van der Waals surface area contributed by atoms with Gasteiger partial charge in [-0.05, 0) is 55.5 Å². The summed E-state index contributed by atoms with van der Waals surface area (Å²) in [6, 6.07) is 10.1. The van der Waals surface area contributed by atoms with Crippen LogP contribution in [0, 0.1) is 5.92 Å². The lowest BCUT2D eigenvalue weighted by Crippen LogP contribution is -2.54. The summed E-state index contributed by atoms with van der Waals surface area (Å²) >= 11 is 0. The van der Waals surface area contributed by atoms with E-state index in [1.165, 1.54) is 0 Å². The molecule has 1 fully saturated rings. The molecule has 0 saturated carbocycles. The van der Waals surface area contributed by atoms with Crippen molar-refractivity contribution in [1.29, 1.82) is 0 Å². The van der Waals surface area contributed by atoms with Gasteiger partial charge < -0.3 is 19.3 Å². The van der Waals surface area contributed by atoms with Gasteiger partial charge in [0.05, 0.1) is 5.56 Å². The van der Waals surface area contributed by atoms with E-state index in [1.54, 1.807) is 51.3 Å². The molecule has 3 heterocycles. The Morgan fingerprint density at radius 3 is 2.40 bits per heavy atom. The summed E-state index contributed by atoms with van der Waals surface area (Å²) < 4.78 is 7.21. The van der Waals surface area contributed by atoms with Crippen molar-refractivity contribution in [2.24, 2.45) is 5.92 Å². The molecule has 2 aliphatic rings. The number of likely N-dealkylation sites (tertiary alicyclic amines) is 1. The summed E-state index contributed by atoms with van der Waals surface area (Å²) in [5, 5.41) is 9.10. The van der Waals surface area contributed by atoms with Crippen LogP contribution in [-0.4, -0.2) is 52.3 Å². The molecule has 2 aromatic rings. The van der Waals surface area contributed by atoms with Crippen LogP contribution in [0.1, 0.15) is 42.2 Å². The van der Waals surface area contributed by atoms with Gasteiger partial charge in [-0.1, -0.05) is 12.1 Å². The van der Waals surface area contributed by atoms with Gasteiger partial charge in [0.25, 0.3) is 11.5 Å². The number of hydrogen-bond acceptors (Lipinski definition) is 4. The Labute approximate surface area is 174 Å². The van der Waals surface area contributed by atoms with Crippen molar-refractivity contribution in [3.63, 3.8) is 0 Å². The molecule has 1 aromatic carbocycles. The molecule has 1 saturated heterocycles. The fraction of sp³-hybridized carbons (Fsp3) is 0.435. The first kappa shape index (κ1) is 20.3. The van der Waals surface area contributed by atoms with Crippen molar-refractivity contribution in [2.75, 3.05) is 20.2 Å². The maximum Gasteiger partial charge on any atom is 0.335 e. The second-order valence-corrected chi connectivity index (χ2v) is 8.72.